The lowest BCUT2D eigenvalue weighted by molar-refractivity contribution is 0.248. The van der Waals surface area contributed by atoms with Crippen molar-refractivity contribution in [3.05, 3.63) is 47.8 Å². The van der Waals surface area contributed by atoms with E-state index in [4.69, 9.17) is 0 Å². The van der Waals surface area contributed by atoms with Crippen LogP contribution in [0.4, 0.5) is 0 Å². The number of hydrogen-bond donors (Lipinski definition) is 3. The van der Waals surface area contributed by atoms with E-state index in [2.05, 4.69) is 5.32 Å². The minimum Gasteiger partial charge on any atom is -0.394 e. The summed E-state index contributed by atoms with van der Waals surface area (Å²) in [7, 11) is -3.18. The van der Waals surface area contributed by atoms with Gasteiger partial charge in [0.2, 0.25) is 7.37 Å². The first-order valence-corrected chi connectivity index (χ1v) is 10.4. The van der Waals surface area contributed by atoms with Gasteiger partial charge in [0.05, 0.1) is 12.6 Å². The highest BCUT2D eigenvalue weighted by molar-refractivity contribution is 7.61. The normalized spacial score (nSPS) is 20.4. The lowest BCUT2D eigenvalue weighted by Crippen LogP contribution is -2.24. The zero-order valence-electron chi connectivity index (χ0n) is 13.6. The molecule has 1 fully saturated rings. The summed E-state index contributed by atoms with van der Waals surface area (Å²) in [5.74, 6) is 1.86. The SMILES string of the molecule is O=P(O)(/C=C/CN[C@H](CO)c1ccccc1)CC1CCCCC1. The molecular weight excluding hydrogens is 309 g/mol. The molecule has 23 heavy (non-hydrogen) atoms. The van der Waals surface area contributed by atoms with Crippen molar-refractivity contribution in [2.75, 3.05) is 19.3 Å². The van der Waals surface area contributed by atoms with Crippen LogP contribution >= 0.6 is 7.37 Å². The van der Waals surface area contributed by atoms with Gasteiger partial charge < -0.3 is 15.3 Å². The van der Waals surface area contributed by atoms with Crippen molar-refractivity contribution in [3.8, 4) is 0 Å². The first-order valence-electron chi connectivity index (χ1n) is 8.49. The van der Waals surface area contributed by atoms with E-state index in [-0.39, 0.29) is 12.6 Å². The third-order valence-corrected chi connectivity index (χ3v) is 6.17. The first kappa shape index (κ1) is 18.4. The molecule has 0 bridgehead atoms. The van der Waals surface area contributed by atoms with Crippen molar-refractivity contribution in [1.29, 1.82) is 0 Å². The van der Waals surface area contributed by atoms with E-state index < -0.39 is 7.37 Å². The minimum atomic E-state index is -3.18. The highest BCUT2D eigenvalue weighted by Gasteiger charge is 2.23. The molecule has 0 saturated heterocycles. The number of aliphatic hydroxyl groups excluding tert-OH is 1. The van der Waals surface area contributed by atoms with Gasteiger partial charge in [-0.3, -0.25) is 4.57 Å². The van der Waals surface area contributed by atoms with Gasteiger partial charge in [0.1, 0.15) is 0 Å². The molecule has 5 heteroatoms. The second kappa shape index (κ2) is 9.39. The molecule has 3 N–H and O–H groups in total. The maximum atomic E-state index is 12.3. The van der Waals surface area contributed by atoms with E-state index >= 15 is 0 Å². The Morgan fingerprint density at radius 3 is 2.57 bits per heavy atom. The van der Waals surface area contributed by atoms with Gasteiger partial charge >= 0.3 is 0 Å². The summed E-state index contributed by atoms with van der Waals surface area (Å²) in [6.45, 7) is 0.464. The Kier molecular flexibility index (Phi) is 7.51. The molecule has 0 spiro atoms. The summed E-state index contributed by atoms with van der Waals surface area (Å²) in [6.07, 6.45) is 7.92. The van der Waals surface area contributed by atoms with Crippen LogP contribution in [0.1, 0.15) is 43.7 Å². The summed E-state index contributed by atoms with van der Waals surface area (Å²) in [5, 5.41) is 12.7. The number of aliphatic hydroxyl groups is 1. The Balaban J connectivity index is 1.79. The van der Waals surface area contributed by atoms with E-state index in [1.165, 1.54) is 25.1 Å². The zero-order valence-corrected chi connectivity index (χ0v) is 14.5. The van der Waals surface area contributed by atoms with Crippen molar-refractivity contribution in [1.82, 2.24) is 5.32 Å². The Morgan fingerprint density at radius 2 is 1.91 bits per heavy atom. The van der Waals surface area contributed by atoms with Gasteiger partial charge in [-0.05, 0) is 30.1 Å². The Morgan fingerprint density at radius 1 is 1.22 bits per heavy atom. The lowest BCUT2D eigenvalue weighted by Gasteiger charge is -2.22. The van der Waals surface area contributed by atoms with Crippen molar-refractivity contribution < 1.29 is 14.6 Å². The second-order valence-corrected chi connectivity index (χ2v) is 8.56. The van der Waals surface area contributed by atoms with Crippen LogP contribution in [0.3, 0.4) is 0 Å². The molecule has 1 aromatic rings. The van der Waals surface area contributed by atoms with E-state index in [0.29, 0.717) is 18.6 Å². The van der Waals surface area contributed by atoms with E-state index in [1.54, 1.807) is 6.08 Å². The third kappa shape index (κ3) is 6.60. The fourth-order valence-electron chi connectivity index (χ4n) is 3.20. The average molecular weight is 337 g/mol. The maximum absolute atomic E-state index is 12.3. The molecule has 2 rings (SSSR count). The predicted molar refractivity (Wildman–Crippen MR) is 94.7 cm³/mol. The third-order valence-electron chi connectivity index (χ3n) is 4.45. The largest absolute Gasteiger partial charge is 0.394 e. The van der Waals surface area contributed by atoms with Crippen LogP contribution in [0.2, 0.25) is 0 Å². The zero-order chi connectivity index (χ0) is 16.5. The molecule has 0 aliphatic heterocycles. The predicted octanol–water partition coefficient (Wildman–Crippen LogP) is 3.67. The van der Waals surface area contributed by atoms with Crippen LogP contribution in [0.15, 0.2) is 42.2 Å². The molecule has 0 amide bonds. The summed E-state index contributed by atoms with van der Waals surface area (Å²) < 4.78 is 12.3. The van der Waals surface area contributed by atoms with Gasteiger partial charge in [-0.15, -0.1) is 0 Å². The van der Waals surface area contributed by atoms with Gasteiger partial charge in [-0.25, -0.2) is 0 Å². The van der Waals surface area contributed by atoms with Gasteiger partial charge in [-0.2, -0.15) is 0 Å². The van der Waals surface area contributed by atoms with Crippen LogP contribution in [-0.2, 0) is 4.57 Å². The Hall–Kier alpha value is -0.930. The van der Waals surface area contributed by atoms with Crippen LogP contribution in [0.5, 0.6) is 0 Å². The monoisotopic (exact) mass is 337 g/mol. The summed E-state index contributed by atoms with van der Waals surface area (Å²) in [6, 6.07) is 9.56. The minimum absolute atomic E-state index is 0.00326. The molecule has 4 nitrogen and oxygen atoms in total. The van der Waals surface area contributed by atoms with Crippen LogP contribution < -0.4 is 5.32 Å². The van der Waals surface area contributed by atoms with Crippen molar-refractivity contribution >= 4 is 7.37 Å². The highest BCUT2D eigenvalue weighted by Crippen LogP contribution is 2.46. The number of hydrogen-bond acceptors (Lipinski definition) is 3. The molecule has 1 saturated carbocycles. The molecule has 2 atom stereocenters. The Bertz CT molecular complexity index is 526. The average Bonchev–Trinajstić information content (AvgIpc) is 2.56. The smallest absolute Gasteiger partial charge is 0.222 e. The molecule has 1 aliphatic rings. The molecule has 1 aromatic carbocycles. The molecule has 1 unspecified atom stereocenters. The molecule has 0 radical (unpaired) electrons. The van der Waals surface area contributed by atoms with Crippen molar-refractivity contribution in [3.63, 3.8) is 0 Å². The highest BCUT2D eigenvalue weighted by atomic mass is 31.2. The van der Waals surface area contributed by atoms with Gasteiger partial charge in [0.25, 0.3) is 0 Å². The van der Waals surface area contributed by atoms with E-state index in [0.717, 1.165) is 18.4 Å². The molecule has 0 aromatic heterocycles. The lowest BCUT2D eigenvalue weighted by atomic mass is 9.91. The van der Waals surface area contributed by atoms with Gasteiger partial charge in [-0.1, -0.05) is 55.7 Å². The molecular formula is C18H28NO3P. The molecule has 0 heterocycles. The van der Waals surface area contributed by atoms with E-state index in [1.807, 2.05) is 30.3 Å². The number of nitrogens with one attached hydrogen (secondary N) is 1. The van der Waals surface area contributed by atoms with Gasteiger partial charge in [0.15, 0.2) is 0 Å². The Labute approximate surface area is 139 Å². The maximum Gasteiger partial charge on any atom is 0.222 e. The van der Waals surface area contributed by atoms with Gasteiger partial charge in [0, 0.05) is 12.7 Å². The first-order chi connectivity index (χ1) is 11.1. The van der Waals surface area contributed by atoms with Crippen LogP contribution in [0.25, 0.3) is 0 Å². The quantitative estimate of drug-likeness (QED) is 0.633. The number of rotatable bonds is 8. The fraction of sp³-hybridized carbons (Fsp3) is 0.556. The standard InChI is InChI=1S/C18H28NO3P/c20-14-18(17-10-5-2-6-11-17)19-12-7-13-23(21,22)15-16-8-3-1-4-9-16/h2,5-7,10-11,13,16,18-20H,1,3-4,8-9,12,14-15H2,(H,21,22)/b13-7+/t18-/m1/s1. The molecule has 1 aliphatic carbocycles. The van der Waals surface area contributed by atoms with E-state index in [9.17, 15) is 14.6 Å². The summed E-state index contributed by atoms with van der Waals surface area (Å²) in [5.41, 5.74) is 1.01. The van der Waals surface area contributed by atoms with Crippen LogP contribution in [-0.4, -0.2) is 29.3 Å². The fourth-order valence-corrected chi connectivity index (χ4v) is 4.86. The number of benzene rings is 1. The topological polar surface area (TPSA) is 69.6 Å². The summed E-state index contributed by atoms with van der Waals surface area (Å²) in [4.78, 5) is 10.1. The summed E-state index contributed by atoms with van der Waals surface area (Å²) >= 11 is 0. The van der Waals surface area contributed by atoms with Crippen molar-refractivity contribution in [2.45, 2.75) is 38.1 Å². The second-order valence-electron chi connectivity index (χ2n) is 6.38. The van der Waals surface area contributed by atoms with Crippen LogP contribution in [0, 0.1) is 5.92 Å². The van der Waals surface area contributed by atoms with Crippen molar-refractivity contribution in [2.24, 2.45) is 5.92 Å². The molecule has 128 valence electrons.